The number of pyridine rings is 1. The molecule has 0 fully saturated rings. The summed E-state index contributed by atoms with van der Waals surface area (Å²) in [5.74, 6) is 0. The molecule has 0 radical (unpaired) electrons. The first-order valence-corrected chi connectivity index (χ1v) is 6.48. The van der Waals surface area contributed by atoms with Crippen LogP contribution in [-0.4, -0.2) is 4.98 Å². The van der Waals surface area contributed by atoms with E-state index in [1.54, 1.807) is 0 Å². The first-order chi connectivity index (χ1) is 8.46. The van der Waals surface area contributed by atoms with E-state index in [0.29, 0.717) is 0 Å². The molecule has 1 aromatic carbocycles. The van der Waals surface area contributed by atoms with E-state index in [0.717, 1.165) is 12.1 Å². The minimum Gasteiger partial charge on any atom is -0.253 e. The molecule has 0 saturated carbocycles. The summed E-state index contributed by atoms with van der Waals surface area (Å²) in [6.45, 7) is 8.90. The Bertz CT molecular complexity index is 521. The van der Waals surface area contributed by atoms with E-state index >= 15 is 0 Å². The van der Waals surface area contributed by atoms with E-state index in [1.165, 1.54) is 16.8 Å². The van der Waals surface area contributed by atoms with Crippen molar-refractivity contribution in [2.45, 2.75) is 34.1 Å². The molecule has 0 aliphatic heterocycles. The van der Waals surface area contributed by atoms with E-state index in [1.807, 2.05) is 6.07 Å². The van der Waals surface area contributed by atoms with Crippen molar-refractivity contribution in [3.8, 4) is 11.3 Å². The topological polar surface area (TPSA) is 12.9 Å². The zero-order valence-corrected chi connectivity index (χ0v) is 11.7. The van der Waals surface area contributed by atoms with Crippen molar-refractivity contribution in [1.29, 1.82) is 0 Å². The minimum absolute atomic E-state index is 0.271. The monoisotopic (exact) mass is 239 g/mol. The van der Waals surface area contributed by atoms with Crippen LogP contribution in [0.4, 0.5) is 0 Å². The SMILES string of the molecule is Cc1ccc(-c2ccccc2)nc1CC(C)(C)C. The minimum atomic E-state index is 0.271. The molecule has 0 aliphatic carbocycles. The molecule has 0 bridgehead atoms. The first-order valence-electron chi connectivity index (χ1n) is 6.48. The molecule has 0 aliphatic rings. The van der Waals surface area contributed by atoms with Crippen LogP contribution in [0.5, 0.6) is 0 Å². The third kappa shape index (κ3) is 3.19. The molecule has 1 nitrogen and oxygen atoms in total. The number of benzene rings is 1. The van der Waals surface area contributed by atoms with Crippen molar-refractivity contribution in [2.24, 2.45) is 5.41 Å². The van der Waals surface area contributed by atoms with Gasteiger partial charge in [0.1, 0.15) is 0 Å². The Balaban J connectivity index is 2.38. The highest BCUT2D eigenvalue weighted by atomic mass is 14.7. The average Bonchev–Trinajstić information content (AvgIpc) is 2.31. The second-order valence-electron chi connectivity index (χ2n) is 6.06. The Morgan fingerprint density at radius 1 is 0.944 bits per heavy atom. The fourth-order valence-electron chi connectivity index (χ4n) is 2.02. The third-order valence-electron chi connectivity index (χ3n) is 2.97. The van der Waals surface area contributed by atoms with Gasteiger partial charge >= 0.3 is 0 Å². The molecule has 0 N–H and O–H groups in total. The van der Waals surface area contributed by atoms with Crippen LogP contribution in [0.2, 0.25) is 0 Å². The summed E-state index contributed by atoms with van der Waals surface area (Å²) in [6.07, 6.45) is 1.01. The Morgan fingerprint density at radius 3 is 2.22 bits per heavy atom. The zero-order chi connectivity index (χ0) is 13.2. The second-order valence-corrected chi connectivity index (χ2v) is 6.06. The highest BCUT2D eigenvalue weighted by Crippen LogP contribution is 2.24. The summed E-state index contributed by atoms with van der Waals surface area (Å²) in [6, 6.07) is 14.7. The largest absolute Gasteiger partial charge is 0.253 e. The molecule has 0 saturated heterocycles. The molecule has 1 aromatic heterocycles. The molecule has 1 heteroatoms. The number of aryl methyl sites for hydroxylation is 1. The molecule has 0 amide bonds. The normalized spacial score (nSPS) is 11.6. The van der Waals surface area contributed by atoms with Crippen LogP contribution in [0.1, 0.15) is 32.0 Å². The number of hydrogen-bond donors (Lipinski definition) is 0. The Kier molecular flexibility index (Phi) is 3.51. The molecule has 0 spiro atoms. The highest BCUT2D eigenvalue weighted by molar-refractivity contribution is 5.59. The molecule has 1 heterocycles. The number of nitrogens with zero attached hydrogens (tertiary/aromatic N) is 1. The number of hydrogen-bond acceptors (Lipinski definition) is 1. The van der Waals surface area contributed by atoms with Gasteiger partial charge in [0, 0.05) is 11.3 Å². The van der Waals surface area contributed by atoms with Crippen LogP contribution < -0.4 is 0 Å². The van der Waals surface area contributed by atoms with Gasteiger partial charge in [0.05, 0.1) is 5.69 Å². The summed E-state index contributed by atoms with van der Waals surface area (Å²) >= 11 is 0. The molecular formula is C17H21N. The zero-order valence-electron chi connectivity index (χ0n) is 11.7. The van der Waals surface area contributed by atoms with Crippen molar-refractivity contribution in [1.82, 2.24) is 4.98 Å². The predicted octanol–water partition coefficient (Wildman–Crippen LogP) is 4.65. The second kappa shape index (κ2) is 4.93. The Morgan fingerprint density at radius 2 is 1.61 bits per heavy atom. The fraction of sp³-hybridized carbons (Fsp3) is 0.353. The van der Waals surface area contributed by atoms with Gasteiger partial charge in [-0.3, -0.25) is 4.98 Å². The molecule has 2 aromatic rings. The summed E-state index contributed by atoms with van der Waals surface area (Å²) in [7, 11) is 0. The van der Waals surface area contributed by atoms with Gasteiger partial charge in [0.25, 0.3) is 0 Å². The van der Waals surface area contributed by atoms with E-state index in [-0.39, 0.29) is 5.41 Å². The van der Waals surface area contributed by atoms with Crippen molar-refractivity contribution in [3.63, 3.8) is 0 Å². The van der Waals surface area contributed by atoms with Gasteiger partial charge in [-0.1, -0.05) is 57.2 Å². The van der Waals surface area contributed by atoms with E-state index in [4.69, 9.17) is 4.98 Å². The van der Waals surface area contributed by atoms with Gasteiger partial charge < -0.3 is 0 Å². The molecule has 0 atom stereocenters. The summed E-state index contributed by atoms with van der Waals surface area (Å²) in [5.41, 5.74) is 5.02. The van der Waals surface area contributed by atoms with Gasteiger partial charge in [-0.2, -0.15) is 0 Å². The van der Waals surface area contributed by atoms with Crippen molar-refractivity contribution in [3.05, 3.63) is 53.7 Å². The van der Waals surface area contributed by atoms with Crippen molar-refractivity contribution >= 4 is 0 Å². The van der Waals surface area contributed by atoms with Crippen LogP contribution in [0, 0.1) is 12.3 Å². The van der Waals surface area contributed by atoms with Crippen molar-refractivity contribution in [2.75, 3.05) is 0 Å². The van der Waals surface area contributed by atoms with Gasteiger partial charge in [-0.05, 0) is 30.4 Å². The standard InChI is InChI=1S/C17H21N/c1-13-10-11-15(14-8-6-5-7-9-14)18-16(13)12-17(2,3)4/h5-11H,12H2,1-4H3. The number of rotatable bonds is 2. The van der Waals surface area contributed by atoms with Crippen LogP contribution >= 0.6 is 0 Å². The molecular weight excluding hydrogens is 218 g/mol. The summed E-state index contributed by atoms with van der Waals surface area (Å²) < 4.78 is 0. The maximum absolute atomic E-state index is 4.83. The lowest BCUT2D eigenvalue weighted by Gasteiger charge is -2.19. The van der Waals surface area contributed by atoms with Crippen LogP contribution in [0.15, 0.2) is 42.5 Å². The number of aromatic nitrogens is 1. The molecule has 2 rings (SSSR count). The maximum Gasteiger partial charge on any atom is 0.0705 e. The molecule has 18 heavy (non-hydrogen) atoms. The molecule has 0 unspecified atom stereocenters. The lowest BCUT2D eigenvalue weighted by atomic mass is 9.89. The van der Waals surface area contributed by atoms with Gasteiger partial charge in [-0.25, -0.2) is 0 Å². The highest BCUT2D eigenvalue weighted by Gasteiger charge is 2.14. The summed E-state index contributed by atoms with van der Waals surface area (Å²) in [4.78, 5) is 4.83. The van der Waals surface area contributed by atoms with E-state index in [2.05, 4.69) is 64.1 Å². The van der Waals surface area contributed by atoms with Crippen LogP contribution in [0.3, 0.4) is 0 Å². The van der Waals surface area contributed by atoms with Gasteiger partial charge in [0.2, 0.25) is 0 Å². The third-order valence-corrected chi connectivity index (χ3v) is 2.97. The quantitative estimate of drug-likeness (QED) is 0.743. The smallest absolute Gasteiger partial charge is 0.0705 e. The van der Waals surface area contributed by atoms with E-state index < -0.39 is 0 Å². The predicted molar refractivity (Wildman–Crippen MR) is 77.6 cm³/mol. The average molecular weight is 239 g/mol. The van der Waals surface area contributed by atoms with Crippen LogP contribution in [-0.2, 0) is 6.42 Å². The fourth-order valence-corrected chi connectivity index (χ4v) is 2.02. The Labute approximate surface area is 110 Å². The lowest BCUT2D eigenvalue weighted by Crippen LogP contribution is -2.12. The lowest BCUT2D eigenvalue weighted by molar-refractivity contribution is 0.405. The van der Waals surface area contributed by atoms with Crippen LogP contribution in [0.25, 0.3) is 11.3 Å². The Hall–Kier alpha value is -1.63. The summed E-state index contributed by atoms with van der Waals surface area (Å²) in [5, 5.41) is 0. The maximum atomic E-state index is 4.83. The van der Waals surface area contributed by atoms with Gasteiger partial charge in [0.15, 0.2) is 0 Å². The van der Waals surface area contributed by atoms with Crippen molar-refractivity contribution < 1.29 is 0 Å². The van der Waals surface area contributed by atoms with Gasteiger partial charge in [-0.15, -0.1) is 0 Å². The molecule has 94 valence electrons. The van der Waals surface area contributed by atoms with E-state index in [9.17, 15) is 0 Å². The first kappa shape index (κ1) is 12.8.